The van der Waals surface area contributed by atoms with Crippen molar-refractivity contribution < 1.29 is 52.8 Å². The van der Waals surface area contributed by atoms with Crippen molar-refractivity contribution in [3.63, 3.8) is 0 Å². The molecule has 16 heteroatoms. The third-order valence-electron chi connectivity index (χ3n) is 8.88. The number of Topliss-reactive ketones (excluding diaryl/α,β-unsaturated/α-hetero) is 2. The number of hydrogen-bond donors (Lipinski definition) is 6. The molecule has 2 aromatic carbocycles. The molecule has 2 amide bonds. The van der Waals surface area contributed by atoms with Crippen LogP contribution in [0.4, 0.5) is 24.5 Å². The fraction of sp³-hybridized carbons (Fsp3) is 0.355. The molecule has 5 rings (SSSR count). The first-order valence-corrected chi connectivity index (χ1v) is 14.0. The minimum atomic E-state index is -4.72. The number of carbonyl (C=O) groups is 4. The number of benzene rings is 2. The van der Waals surface area contributed by atoms with Crippen LogP contribution in [0.3, 0.4) is 0 Å². The third kappa shape index (κ3) is 5.37. The fourth-order valence-corrected chi connectivity index (χ4v) is 6.82. The van der Waals surface area contributed by atoms with Crippen LogP contribution in [0.5, 0.6) is 5.75 Å². The second kappa shape index (κ2) is 11.9. The summed E-state index contributed by atoms with van der Waals surface area (Å²) in [6, 6.07) is 3.80. The van der Waals surface area contributed by atoms with E-state index in [0.29, 0.717) is 17.3 Å². The largest absolute Gasteiger partial charge is 0.510 e. The highest BCUT2D eigenvalue weighted by molar-refractivity contribution is 6.25. The predicted octanol–water partition coefficient (Wildman–Crippen LogP) is 2.88. The van der Waals surface area contributed by atoms with Crippen molar-refractivity contribution in [3.8, 4) is 5.75 Å². The SMILES string of the molecule is CN(C)c1cc(NC(=O)c2cccc(C(F)(F)F)c2)c(O)c2c1CC1CC3[C@H](N(C)C)C(O)=C(C(N)=O)C(=O)[C@@]3(O)C(O)=C1C2=O.Cl. The Morgan fingerprint density at radius 2 is 1.70 bits per heavy atom. The molecule has 0 bridgehead atoms. The summed E-state index contributed by atoms with van der Waals surface area (Å²) in [6.45, 7) is 0. The van der Waals surface area contributed by atoms with Crippen molar-refractivity contribution in [2.75, 3.05) is 38.4 Å². The van der Waals surface area contributed by atoms with E-state index in [4.69, 9.17) is 5.73 Å². The van der Waals surface area contributed by atoms with Crippen molar-refractivity contribution in [3.05, 3.63) is 75.3 Å². The summed E-state index contributed by atoms with van der Waals surface area (Å²) < 4.78 is 39.7. The Hall–Kier alpha value is -4.60. The first kappa shape index (κ1) is 35.3. The van der Waals surface area contributed by atoms with Crippen LogP contribution in [0, 0.1) is 11.8 Å². The topological polar surface area (TPSA) is 194 Å². The number of nitrogens with zero attached hydrogens (tertiary/aromatic N) is 2. The molecular formula is C31H32ClF3N4O8. The number of carbonyl (C=O) groups excluding carboxylic acids is 4. The molecule has 0 fully saturated rings. The Morgan fingerprint density at radius 3 is 2.26 bits per heavy atom. The van der Waals surface area contributed by atoms with Crippen LogP contribution in [0.15, 0.2) is 53.0 Å². The Labute approximate surface area is 272 Å². The summed E-state index contributed by atoms with van der Waals surface area (Å²) in [5.74, 6) is -9.28. The number of phenolic OH excluding ortho intramolecular Hbond substituents is 1. The van der Waals surface area contributed by atoms with E-state index < -0.39 is 87.0 Å². The van der Waals surface area contributed by atoms with Crippen LogP contribution in [0.2, 0.25) is 0 Å². The number of aliphatic hydroxyl groups is 3. The van der Waals surface area contributed by atoms with Gasteiger partial charge in [0, 0.05) is 36.8 Å². The highest BCUT2D eigenvalue weighted by Gasteiger charge is 2.63. The summed E-state index contributed by atoms with van der Waals surface area (Å²) in [4.78, 5) is 55.8. The van der Waals surface area contributed by atoms with E-state index in [9.17, 15) is 52.8 Å². The Kier molecular flexibility index (Phi) is 8.92. The van der Waals surface area contributed by atoms with E-state index in [1.165, 1.54) is 25.1 Å². The van der Waals surface area contributed by atoms with Gasteiger partial charge in [-0.2, -0.15) is 13.2 Å². The summed E-state index contributed by atoms with van der Waals surface area (Å²) in [5.41, 5.74) is -0.311. The van der Waals surface area contributed by atoms with Gasteiger partial charge in [0.1, 0.15) is 17.1 Å². The quantitative estimate of drug-likeness (QED) is 0.202. The van der Waals surface area contributed by atoms with E-state index in [0.717, 1.165) is 18.2 Å². The maximum atomic E-state index is 14.1. The van der Waals surface area contributed by atoms with Gasteiger partial charge >= 0.3 is 6.18 Å². The standard InChI is InChI=1S/C31H31F3N4O8.ClH/c1-37(2)18-11-17(36-29(45)12-6-5-7-14(8-12)31(32,33)34)23(39)20-15(18)9-13-10-16-22(38(3)4)25(41)21(28(35)44)27(43)30(16,46)26(42)19(13)24(20)40;/h5-8,11,13,16,22,39,41-42,46H,9-10H2,1-4H3,(H2,35,44)(H,36,45);1H/t13?,16?,22-,30-;/m0./s1. The van der Waals surface area contributed by atoms with Gasteiger partial charge in [0.05, 0.1) is 22.9 Å². The van der Waals surface area contributed by atoms with E-state index in [1.807, 2.05) is 0 Å². The number of aromatic hydroxyl groups is 1. The number of nitrogens with one attached hydrogen (secondary N) is 1. The van der Waals surface area contributed by atoms with Crippen LogP contribution in [-0.4, -0.2) is 88.5 Å². The van der Waals surface area contributed by atoms with Crippen molar-refractivity contribution in [1.29, 1.82) is 0 Å². The van der Waals surface area contributed by atoms with Gasteiger partial charge in [0.2, 0.25) is 5.78 Å². The smallest absolute Gasteiger partial charge is 0.416 e. The minimum absolute atomic E-state index is 0. The molecule has 2 unspecified atom stereocenters. The lowest BCUT2D eigenvalue weighted by Gasteiger charge is -2.50. The molecule has 0 saturated carbocycles. The average molecular weight is 681 g/mol. The van der Waals surface area contributed by atoms with Crippen LogP contribution in [-0.2, 0) is 22.2 Å². The van der Waals surface area contributed by atoms with Gasteiger partial charge in [-0.3, -0.25) is 24.1 Å². The summed E-state index contributed by atoms with van der Waals surface area (Å²) >= 11 is 0. The first-order valence-electron chi connectivity index (χ1n) is 14.0. The molecule has 0 saturated heterocycles. The zero-order chi connectivity index (χ0) is 34.2. The van der Waals surface area contributed by atoms with Crippen molar-refractivity contribution >= 4 is 47.2 Å². The zero-order valence-electron chi connectivity index (χ0n) is 25.5. The van der Waals surface area contributed by atoms with Crippen LogP contribution in [0.25, 0.3) is 0 Å². The Balaban J connectivity index is 0.00000500. The molecule has 2 aromatic rings. The molecule has 3 aliphatic rings. The molecule has 0 radical (unpaired) electrons. The van der Waals surface area contributed by atoms with Gasteiger partial charge in [0.15, 0.2) is 17.1 Å². The van der Waals surface area contributed by atoms with E-state index >= 15 is 0 Å². The van der Waals surface area contributed by atoms with Crippen LogP contribution >= 0.6 is 12.4 Å². The molecule has 0 heterocycles. The highest BCUT2D eigenvalue weighted by Crippen LogP contribution is 2.54. The van der Waals surface area contributed by atoms with Crippen molar-refractivity contribution in [1.82, 2.24) is 4.90 Å². The van der Waals surface area contributed by atoms with Gasteiger partial charge in [-0.15, -0.1) is 12.4 Å². The lowest BCUT2D eigenvalue weighted by atomic mass is 9.58. The number of fused-ring (bicyclic) bond motifs is 3. The van der Waals surface area contributed by atoms with Crippen molar-refractivity contribution in [2.24, 2.45) is 17.6 Å². The summed E-state index contributed by atoms with van der Waals surface area (Å²) in [6.07, 6.45) is -4.84. The maximum absolute atomic E-state index is 14.1. The number of amides is 2. The number of likely N-dealkylation sites (N-methyl/N-ethyl adjacent to an activating group) is 1. The van der Waals surface area contributed by atoms with Gasteiger partial charge < -0.3 is 36.4 Å². The highest BCUT2D eigenvalue weighted by atomic mass is 35.5. The van der Waals surface area contributed by atoms with Crippen molar-refractivity contribution in [2.45, 2.75) is 30.7 Å². The number of hydrogen-bond acceptors (Lipinski definition) is 10. The van der Waals surface area contributed by atoms with Gasteiger partial charge in [-0.05, 0) is 62.7 Å². The minimum Gasteiger partial charge on any atom is -0.510 e. The molecular weight excluding hydrogens is 649 g/mol. The molecule has 47 heavy (non-hydrogen) atoms. The number of phenols is 1. The monoisotopic (exact) mass is 680 g/mol. The van der Waals surface area contributed by atoms with E-state index in [-0.39, 0.29) is 42.1 Å². The number of halogens is 4. The number of ketones is 2. The molecule has 0 aliphatic heterocycles. The van der Waals surface area contributed by atoms with Gasteiger partial charge in [-0.25, -0.2) is 0 Å². The molecule has 7 N–H and O–H groups in total. The Bertz CT molecular complexity index is 1790. The first-order chi connectivity index (χ1) is 21.3. The zero-order valence-corrected chi connectivity index (χ0v) is 26.3. The molecule has 0 spiro atoms. The normalized spacial score (nSPS) is 23.9. The summed E-state index contributed by atoms with van der Waals surface area (Å²) in [5, 5.41) is 47.8. The number of primary amides is 1. The molecule has 252 valence electrons. The van der Waals surface area contributed by atoms with E-state index in [2.05, 4.69) is 5.32 Å². The maximum Gasteiger partial charge on any atom is 0.416 e. The predicted molar refractivity (Wildman–Crippen MR) is 165 cm³/mol. The summed E-state index contributed by atoms with van der Waals surface area (Å²) in [7, 11) is 6.28. The Morgan fingerprint density at radius 1 is 1.06 bits per heavy atom. The number of allylic oxidation sites excluding steroid dienone is 1. The lowest BCUT2D eigenvalue weighted by Crippen LogP contribution is -2.63. The number of nitrogens with two attached hydrogens (primary N) is 1. The second-order valence-electron chi connectivity index (χ2n) is 12.0. The van der Waals surface area contributed by atoms with Gasteiger partial charge in [0.25, 0.3) is 11.8 Å². The molecule has 3 aliphatic carbocycles. The molecule has 0 aromatic heterocycles. The number of rotatable bonds is 5. The number of aliphatic hydroxyl groups excluding tert-OH is 2. The lowest BCUT2D eigenvalue weighted by molar-refractivity contribution is -0.148. The number of alkyl halides is 3. The average Bonchev–Trinajstić information content (AvgIpc) is 2.95. The number of anilines is 2. The van der Waals surface area contributed by atoms with Crippen LogP contribution in [0.1, 0.15) is 38.3 Å². The van der Waals surface area contributed by atoms with Crippen LogP contribution < -0.4 is 16.0 Å². The fourth-order valence-electron chi connectivity index (χ4n) is 6.82. The third-order valence-corrected chi connectivity index (χ3v) is 8.88. The molecule has 12 nitrogen and oxygen atoms in total. The second-order valence-corrected chi connectivity index (χ2v) is 12.0. The van der Waals surface area contributed by atoms with Gasteiger partial charge in [-0.1, -0.05) is 6.07 Å². The van der Waals surface area contributed by atoms with E-state index in [1.54, 1.807) is 19.0 Å². The molecule has 4 atom stereocenters.